The molecule has 1 amide bonds. The number of hydrogen-bond acceptors (Lipinski definition) is 5. The Hall–Kier alpha value is -2.44. The Labute approximate surface area is 403 Å². The van der Waals surface area contributed by atoms with Gasteiger partial charge in [-0.2, -0.15) is 0 Å². The number of aliphatic hydroxyl groups is 2. The molecule has 0 bridgehead atoms. The van der Waals surface area contributed by atoms with Crippen LogP contribution in [0.4, 0.5) is 0 Å². The number of ether oxygens (including phenoxy) is 1. The summed E-state index contributed by atoms with van der Waals surface area (Å²) in [6.07, 6.45) is 65.7. The van der Waals surface area contributed by atoms with Crippen LogP contribution in [0.2, 0.25) is 0 Å². The third kappa shape index (κ3) is 47.8. The molecule has 0 spiro atoms. The average Bonchev–Trinajstić information content (AvgIpc) is 3.30. The summed E-state index contributed by atoms with van der Waals surface area (Å²) in [5, 5.41) is 23.9. The minimum Gasteiger partial charge on any atom is -0.462 e. The second-order valence-electron chi connectivity index (χ2n) is 19.0. The average molecular weight is 911 g/mol. The Kier molecular flexibility index (Phi) is 50.6. The lowest BCUT2D eigenvalue weighted by Gasteiger charge is -2.24. The van der Waals surface area contributed by atoms with E-state index in [2.05, 4.69) is 86.8 Å². The van der Waals surface area contributed by atoms with E-state index in [9.17, 15) is 19.8 Å². The number of esters is 1. The fraction of sp³-hybridized carbons (Fsp3) is 0.797. The van der Waals surface area contributed by atoms with Gasteiger partial charge in [-0.3, -0.25) is 9.59 Å². The number of nitrogens with one attached hydrogen (secondary N) is 1. The van der Waals surface area contributed by atoms with Crippen molar-refractivity contribution in [3.8, 4) is 0 Å². The van der Waals surface area contributed by atoms with Crippen LogP contribution in [0.15, 0.2) is 60.8 Å². The van der Waals surface area contributed by atoms with E-state index in [-0.39, 0.29) is 24.9 Å². The maximum atomic E-state index is 13.2. The second-order valence-corrected chi connectivity index (χ2v) is 19.0. The summed E-state index contributed by atoms with van der Waals surface area (Å²) < 4.78 is 5.93. The van der Waals surface area contributed by atoms with E-state index < -0.39 is 18.2 Å². The summed E-state index contributed by atoms with van der Waals surface area (Å²) in [6, 6.07) is -0.717. The number of amides is 1. The van der Waals surface area contributed by atoms with Gasteiger partial charge < -0.3 is 20.3 Å². The van der Waals surface area contributed by atoms with Crippen molar-refractivity contribution in [1.82, 2.24) is 5.32 Å². The zero-order valence-electron chi connectivity index (χ0n) is 43.1. The fourth-order valence-electron chi connectivity index (χ4n) is 8.36. The molecule has 0 heterocycles. The third-order valence-corrected chi connectivity index (χ3v) is 12.6. The molecular weight excluding hydrogens is 803 g/mol. The monoisotopic (exact) mass is 910 g/mol. The number of carbonyl (C=O) groups excluding carboxylic acids is 2. The van der Waals surface area contributed by atoms with Gasteiger partial charge in [-0.25, -0.2) is 0 Å². The molecule has 3 N–H and O–H groups in total. The van der Waals surface area contributed by atoms with Crippen molar-refractivity contribution in [1.29, 1.82) is 0 Å². The van der Waals surface area contributed by atoms with Crippen LogP contribution in [0.25, 0.3) is 0 Å². The Balaban J connectivity index is 4.59. The first-order valence-corrected chi connectivity index (χ1v) is 28.0. The van der Waals surface area contributed by atoms with Gasteiger partial charge in [-0.15, -0.1) is 0 Å². The van der Waals surface area contributed by atoms with E-state index in [4.69, 9.17) is 4.74 Å². The van der Waals surface area contributed by atoms with E-state index in [0.29, 0.717) is 19.3 Å². The van der Waals surface area contributed by atoms with Crippen LogP contribution < -0.4 is 5.32 Å². The van der Waals surface area contributed by atoms with Crippen LogP contribution in [0.1, 0.15) is 278 Å². The molecule has 0 aliphatic heterocycles. The van der Waals surface area contributed by atoms with Crippen molar-refractivity contribution in [2.24, 2.45) is 0 Å². The zero-order chi connectivity index (χ0) is 47.4. The van der Waals surface area contributed by atoms with Crippen molar-refractivity contribution in [2.45, 2.75) is 296 Å². The molecular formula is C59H107NO5. The van der Waals surface area contributed by atoms with Gasteiger partial charge in [0.15, 0.2) is 0 Å². The number of unbranched alkanes of at least 4 members (excludes halogenated alkanes) is 28. The molecule has 378 valence electrons. The first kappa shape index (κ1) is 62.6. The van der Waals surface area contributed by atoms with Crippen molar-refractivity contribution in [2.75, 3.05) is 6.61 Å². The Morgan fingerprint density at radius 3 is 1.31 bits per heavy atom. The minimum absolute atomic E-state index is 0.0480. The molecule has 0 radical (unpaired) electrons. The topological polar surface area (TPSA) is 95.9 Å². The van der Waals surface area contributed by atoms with Crippen LogP contribution in [0.3, 0.4) is 0 Å². The largest absolute Gasteiger partial charge is 0.462 e. The van der Waals surface area contributed by atoms with Crippen LogP contribution >= 0.6 is 0 Å². The van der Waals surface area contributed by atoms with Crippen molar-refractivity contribution in [3.05, 3.63) is 60.8 Å². The summed E-state index contributed by atoms with van der Waals surface area (Å²) >= 11 is 0. The summed E-state index contributed by atoms with van der Waals surface area (Å²) in [5.74, 6) is -0.516. The van der Waals surface area contributed by atoms with Gasteiger partial charge in [0.05, 0.1) is 25.2 Å². The lowest BCUT2D eigenvalue weighted by atomic mass is 10.0. The van der Waals surface area contributed by atoms with Crippen LogP contribution in [0, 0.1) is 0 Å². The van der Waals surface area contributed by atoms with E-state index in [1.54, 1.807) is 0 Å². The van der Waals surface area contributed by atoms with Gasteiger partial charge >= 0.3 is 5.97 Å². The number of rotatable bonds is 50. The summed E-state index contributed by atoms with van der Waals surface area (Å²) in [4.78, 5) is 26.2. The van der Waals surface area contributed by atoms with Crippen molar-refractivity contribution >= 4 is 11.9 Å². The SMILES string of the molecule is CC/C=C/C/C=C/CCCCCCCCCC(=O)OC(CCCC/C=C\C/C=C\C/C=C\CCCCC)CC(=O)NC(CO)C(O)CCCCCCCCCCCCCCCCCCC. The van der Waals surface area contributed by atoms with Crippen molar-refractivity contribution in [3.63, 3.8) is 0 Å². The third-order valence-electron chi connectivity index (χ3n) is 12.6. The normalized spacial score (nSPS) is 13.6. The zero-order valence-corrected chi connectivity index (χ0v) is 43.1. The molecule has 3 unspecified atom stereocenters. The molecule has 0 saturated heterocycles. The van der Waals surface area contributed by atoms with Gasteiger partial charge in [-0.05, 0) is 89.9 Å². The predicted molar refractivity (Wildman–Crippen MR) is 282 cm³/mol. The van der Waals surface area contributed by atoms with E-state index in [1.165, 1.54) is 141 Å². The number of hydrogen-bond donors (Lipinski definition) is 3. The maximum absolute atomic E-state index is 13.2. The lowest BCUT2D eigenvalue weighted by Crippen LogP contribution is -2.46. The fourth-order valence-corrected chi connectivity index (χ4v) is 8.36. The highest BCUT2D eigenvalue weighted by Gasteiger charge is 2.24. The minimum atomic E-state index is -0.801. The summed E-state index contributed by atoms with van der Waals surface area (Å²) in [7, 11) is 0. The lowest BCUT2D eigenvalue weighted by molar-refractivity contribution is -0.151. The first-order valence-electron chi connectivity index (χ1n) is 28.0. The summed E-state index contributed by atoms with van der Waals surface area (Å²) in [6.45, 7) is 6.36. The van der Waals surface area contributed by atoms with Gasteiger partial charge in [0.25, 0.3) is 0 Å². The molecule has 6 nitrogen and oxygen atoms in total. The molecule has 65 heavy (non-hydrogen) atoms. The quantitative estimate of drug-likeness (QED) is 0.0321. The molecule has 0 fully saturated rings. The van der Waals surface area contributed by atoms with E-state index in [0.717, 1.165) is 89.9 Å². The highest BCUT2D eigenvalue weighted by Crippen LogP contribution is 2.18. The molecule has 0 saturated carbocycles. The maximum Gasteiger partial charge on any atom is 0.306 e. The highest BCUT2D eigenvalue weighted by molar-refractivity contribution is 5.77. The van der Waals surface area contributed by atoms with Gasteiger partial charge in [0.1, 0.15) is 6.10 Å². The van der Waals surface area contributed by atoms with Gasteiger partial charge in [-0.1, -0.05) is 236 Å². The molecule has 0 aromatic heterocycles. The van der Waals surface area contributed by atoms with E-state index >= 15 is 0 Å². The molecule has 3 atom stereocenters. The standard InChI is InChI=1S/C59H107NO5/c1-4-7-10-13-16-19-22-25-28-29-31-33-36-39-42-45-48-51-57(62)56(54-61)60-58(63)53-55(50-47-44-41-38-35-32-30-26-23-20-17-14-11-8-5-2)65-59(64)52-49-46-43-40-37-34-27-24-21-18-15-12-9-6-3/h9,12,17-18,20-21,26,30,35,38,55-57,61-62H,4-8,10-11,13-16,19,22-25,27-29,31-34,36-37,39-54H2,1-3H3,(H,60,63)/b12-9+,20-17-,21-18+,30-26-,38-35-. The summed E-state index contributed by atoms with van der Waals surface area (Å²) in [5.41, 5.74) is 0. The van der Waals surface area contributed by atoms with Crippen LogP contribution in [-0.2, 0) is 14.3 Å². The van der Waals surface area contributed by atoms with Crippen LogP contribution in [0.5, 0.6) is 0 Å². The Bertz CT molecular complexity index is 1160. The van der Waals surface area contributed by atoms with Crippen molar-refractivity contribution < 1.29 is 24.5 Å². The van der Waals surface area contributed by atoms with Crippen LogP contribution in [-0.4, -0.2) is 46.9 Å². The molecule has 0 rings (SSSR count). The molecule has 6 heteroatoms. The molecule has 0 aliphatic rings. The van der Waals surface area contributed by atoms with Gasteiger partial charge in [0.2, 0.25) is 5.91 Å². The molecule has 0 aromatic rings. The Morgan fingerprint density at radius 1 is 0.462 bits per heavy atom. The van der Waals surface area contributed by atoms with Gasteiger partial charge in [0, 0.05) is 6.42 Å². The smallest absolute Gasteiger partial charge is 0.306 e. The first-order chi connectivity index (χ1) is 32.0. The highest BCUT2D eigenvalue weighted by atomic mass is 16.5. The second kappa shape index (κ2) is 52.5. The molecule has 0 aromatic carbocycles. The number of aliphatic hydroxyl groups excluding tert-OH is 2. The molecule has 0 aliphatic carbocycles. The number of carbonyl (C=O) groups is 2. The number of allylic oxidation sites excluding steroid dienone is 10. The predicted octanol–water partition coefficient (Wildman–Crippen LogP) is 17.2. The Morgan fingerprint density at radius 2 is 0.831 bits per heavy atom. The van der Waals surface area contributed by atoms with E-state index in [1.807, 2.05) is 0 Å².